The van der Waals surface area contributed by atoms with Gasteiger partial charge in [0.15, 0.2) is 0 Å². The van der Waals surface area contributed by atoms with E-state index in [0.29, 0.717) is 18.8 Å². The predicted octanol–water partition coefficient (Wildman–Crippen LogP) is 3.13. The topological polar surface area (TPSA) is 70.2 Å². The van der Waals surface area contributed by atoms with Gasteiger partial charge in [-0.15, -0.1) is 0 Å². The number of para-hydroxylation sites is 1. The van der Waals surface area contributed by atoms with Crippen LogP contribution < -0.4 is 16.0 Å². The van der Waals surface area contributed by atoms with Crippen LogP contribution in [-0.2, 0) is 16.0 Å². The first-order chi connectivity index (χ1) is 13.7. The molecule has 28 heavy (non-hydrogen) atoms. The van der Waals surface area contributed by atoms with Gasteiger partial charge in [0.05, 0.1) is 0 Å². The summed E-state index contributed by atoms with van der Waals surface area (Å²) < 4.78 is 0. The maximum Gasteiger partial charge on any atom is 0.247 e. The summed E-state index contributed by atoms with van der Waals surface area (Å²) in [6.45, 7) is 2.06. The maximum atomic E-state index is 12.8. The van der Waals surface area contributed by atoms with Gasteiger partial charge in [0, 0.05) is 18.5 Å². The second-order valence-corrected chi connectivity index (χ2v) is 7.40. The number of amides is 2. The molecule has 2 aromatic rings. The van der Waals surface area contributed by atoms with E-state index in [1.54, 1.807) is 0 Å². The lowest BCUT2D eigenvalue weighted by Crippen LogP contribution is -2.45. The number of rotatable bonds is 8. The van der Waals surface area contributed by atoms with Crippen molar-refractivity contribution in [1.82, 2.24) is 10.6 Å². The fraction of sp³-hybridized carbons (Fsp3) is 0.391. The molecule has 1 fully saturated rings. The van der Waals surface area contributed by atoms with E-state index in [4.69, 9.17) is 0 Å². The number of piperidine rings is 1. The van der Waals surface area contributed by atoms with E-state index in [1.165, 1.54) is 0 Å². The van der Waals surface area contributed by atoms with Gasteiger partial charge in [-0.3, -0.25) is 9.59 Å². The van der Waals surface area contributed by atoms with Crippen LogP contribution in [0.4, 0.5) is 5.69 Å². The van der Waals surface area contributed by atoms with Crippen molar-refractivity contribution in [3.63, 3.8) is 0 Å². The molecule has 1 unspecified atom stereocenters. The van der Waals surface area contributed by atoms with Crippen LogP contribution in [-0.4, -0.2) is 30.9 Å². The molecule has 1 saturated heterocycles. The Bertz CT molecular complexity index is 743. The van der Waals surface area contributed by atoms with Crippen molar-refractivity contribution in [2.24, 2.45) is 5.92 Å². The fourth-order valence-corrected chi connectivity index (χ4v) is 3.58. The fourth-order valence-electron chi connectivity index (χ4n) is 3.58. The summed E-state index contributed by atoms with van der Waals surface area (Å²) in [5.74, 6) is 0.352. The minimum atomic E-state index is -0.594. The number of nitrogens with one attached hydrogen (secondary N) is 3. The van der Waals surface area contributed by atoms with Crippen LogP contribution in [0.3, 0.4) is 0 Å². The molecule has 1 aliphatic heterocycles. The third-order valence-corrected chi connectivity index (χ3v) is 5.21. The van der Waals surface area contributed by atoms with E-state index >= 15 is 0 Å². The highest BCUT2D eigenvalue weighted by molar-refractivity contribution is 5.97. The third kappa shape index (κ3) is 6.50. The Morgan fingerprint density at radius 3 is 2.29 bits per heavy atom. The standard InChI is InChI=1S/C23H29N3O2/c27-22(12-11-18-13-15-24-16-14-18)26-21(17-19-7-3-1-4-8-19)23(28)25-20-9-5-2-6-10-20/h1-10,18,21,24H,11-17H2,(H,25,28)(H,26,27). The molecule has 0 aliphatic carbocycles. The van der Waals surface area contributed by atoms with Crippen LogP contribution in [0.2, 0.25) is 0 Å². The summed E-state index contributed by atoms with van der Waals surface area (Å²) in [6.07, 6.45) is 4.06. The number of benzene rings is 2. The van der Waals surface area contributed by atoms with Gasteiger partial charge in [0.25, 0.3) is 0 Å². The predicted molar refractivity (Wildman–Crippen MR) is 112 cm³/mol. The number of carbonyl (C=O) groups is 2. The van der Waals surface area contributed by atoms with Crippen molar-refractivity contribution in [3.8, 4) is 0 Å². The van der Waals surface area contributed by atoms with E-state index in [2.05, 4.69) is 16.0 Å². The minimum Gasteiger partial charge on any atom is -0.344 e. The van der Waals surface area contributed by atoms with Gasteiger partial charge in [-0.25, -0.2) is 0 Å². The summed E-state index contributed by atoms with van der Waals surface area (Å²) in [4.78, 5) is 25.4. The average molecular weight is 380 g/mol. The minimum absolute atomic E-state index is 0.0531. The molecule has 5 heteroatoms. The quantitative estimate of drug-likeness (QED) is 0.660. The molecule has 0 aromatic heterocycles. The Morgan fingerprint density at radius 1 is 0.964 bits per heavy atom. The van der Waals surface area contributed by atoms with Gasteiger partial charge in [-0.1, -0.05) is 48.5 Å². The highest BCUT2D eigenvalue weighted by Gasteiger charge is 2.22. The summed E-state index contributed by atoms with van der Waals surface area (Å²) in [5.41, 5.74) is 1.75. The molecule has 3 rings (SSSR count). The van der Waals surface area contributed by atoms with Crippen molar-refractivity contribution < 1.29 is 9.59 Å². The van der Waals surface area contributed by atoms with Gasteiger partial charge in [-0.05, 0) is 56.0 Å². The van der Waals surface area contributed by atoms with Crippen LogP contribution in [0.25, 0.3) is 0 Å². The Kier molecular flexibility index (Phi) is 7.62. The Morgan fingerprint density at radius 2 is 1.61 bits per heavy atom. The molecule has 148 valence electrons. The second kappa shape index (κ2) is 10.6. The van der Waals surface area contributed by atoms with Gasteiger partial charge >= 0.3 is 0 Å². The number of carbonyl (C=O) groups excluding carboxylic acids is 2. The largest absolute Gasteiger partial charge is 0.344 e. The molecule has 0 spiro atoms. The monoisotopic (exact) mass is 379 g/mol. The highest BCUT2D eigenvalue weighted by Crippen LogP contribution is 2.17. The zero-order chi connectivity index (χ0) is 19.6. The van der Waals surface area contributed by atoms with Crippen LogP contribution >= 0.6 is 0 Å². The zero-order valence-corrected chi connectivity index (χ0v) is 16.2. The van der Waals surface area contributed by atoms with E-state index in [9.17, 15) is 9.59 Å². The maximum absolute atomic E-state index is 12.8. The lowest BCUT2D eigenvalue weighted by atomic mass is 9.93. The zero-order valence-electron chi connectivity index (χ0n) is 16.2. The van der Waals surface area contributed by atoms with Crippen LogP contribution in [0.1, 0.15) is 31.2 Å². The normalized spacial score (nSPS) is 15.6. The summed E-state index contributed by atoms with van der Waals surface area (Å²) >= 11 is 0. The van der Waals surface area contributed by atoms with Gasteiger partial charge in [0.2, 0.25) is 11.8 Å². The Balaban J connectivity index is 1.59. The van der Waals surface area contributed by atoms with Crippen molar-refractivity contribution in [2.45, 2.75) is 38.1 Å². The number of hydrogen-bond donors (Lipinski definition) is 3. The van der Waals surface area contributed by atoms with Crippen LogP contribution in [0.15, 0.2) is 60.7 Å². The molecule has 1 atom stereocenters. The van der Waals surface area contributed by atoms with Crippen molar-refractivity contribution in [1.29, 1.82) is 0 Å². The molecule has 2 amide bonds. The number of hydrogen-bond acceptors (Lipinski definition) is 3. The van der Waals surface area contributed by atoms with Crippen molar-refractivity contribution >= 4 is 17.5 Å². The molecule has 5 nitrogen and oxygen atoms in total. The van der Waals surface area contributed by atoms with E-state index in [-0.39, 0.29) is 11.8 Å². The second-order valence-electron chi connectivity index (χ2n) is 7.40. The highest BCUT2D eigenvalue weighted by atomic mass is 16.2. The molecule has 1 heterocycles. The van der Waals surface area contributed by atoms with Crippen LogP contribution in [0, 0.1) is 5.92 Å². The van der Waals surface area contributed by atoms with E-state index in [1.807, 2.05) is 60.7 Å². The molecule has 3 N–H and O–H groups in total. The van der Waals surface area contributed by atoms with E-state index < -0.39 is 6.04 Å². The smallest absolute Gasteiger partial charge is 0.247 e. The summed E-state index contributed by atoms with van der Waals surface area (Å²) in [6, 6.07) is 18.5. The Hall–Kier alpha value is -2.66. The summed E-state index contributed by atoms with van der Waals surface area (Å²) in [7, 11) is 0. The third-order valence-electron chi connectivity index (χ3n) is 5.21. The lowest BCUT2D eigenvalue weighted by Gasteiger charge is -2.23. The molecule has 0 radical (unpaired) electrons. The molecule has 0 bridgehead atoms. The molecular weight excluding hydrogens is 350 g/mol. The lowest BCUT2D eigenvalue weighted by molar-refractivity contribution is -0.126. The average Bonchev–Trinajstić information content (AvgIpc) is 2.74. The summed E-state index contributed by atoms with van der Waals surface area (Å²) in [5, 5.41) is 9.22. The van der Waals surface area contributed by atoms with Gasteiger partial charge < -0.3 is 16.0 Å². The molecular formula is C23H29N3O2. The van der Waals surface area contributed by atoms with Gasteiger partial charge in [-0.2, -0.15) is 0 Å². The first-order valence-electron chi connectivity index (χ1n) is 10.1. The van der Waals surface area contributed by atoms with E-state index in [0.717, 1.165) is 43.6 Å². The SMILES string of the molecule is O=C(CCC1CCNCC1)NC(Cc1ccccc1)C(=O)Nc1ccccc1. The van der Waals surface area contributed by atoms with Gasteiger partial charge in [0.1, 0.15) is 6.04 Å². The molecule has 0 saturated carbocycles. The van der Waals surface area contributed by atoms with Crippen LogP contribution in [0.5, 0.6) is 0 Å². The first kappa shape index (κ1) is 20.1. The number of anilines is 1. The van der Waals surface area contributed by atoms with Crippen molar-refractivity contribution in [2.75, 3.05) is 18.4 Å². The first-order valence-corrected chi connectivity index (χ1v) is 10.1. The molecule has 1 aliphatic rings. The van der Waals surface area contributed by atoms with Crippen molar-refractivity contribution in [3.05, 3.63) is 66.2 Å². The Labute approximate surface area is 166 Å². The molecule has 2 aromatic carbocycles.